The molecule has 2 aliphatic rings. The number of nitrogens with one attached hydrogen (secondary N) is 1. The minimum atomic E-state index is -0.427. The second-order valence-electron chi connectivity index (χ2n) is 7.84. The van der Waals surface area contributed by atoms with Gasteiger partial charge in [0.05, 0.1) is 39.2 Å². The highest BCUT2D eigenvalue weighted by atomic mass is 35.5. The molecule has 2 saturated heterocycles. The number of hydrogen-bond acceptors (Lipinski definition) is 4. The number of anilines is 1. The summed E-state index contributed by atoms with van der Waals surface area (Å²) in [6.07, 6.45) is 1.98. The molecule has 2 fully saturated rings. The van der Waals surface area contributed by atoms with Crippen molar-refractivity contribution in [2.75, 3.05) is 18.0 Å². The molecule has 2 amide bonds. The molecule has 1 N–H and O–H groups in total. The molecule has 2 aliphatic heterocycles. The molecule has 154 valence electrons. The fraction of sp³-hybridized carbons (Fsp3) is 0.318. The summed E-state index contributed by atoms with van der Waals surface area (Å²) < 4.78 is 0. The first kappa shape index (κ1) is 19.5. The van der Waals surface area contributed by atoms with Crippen LogP contribution in [0, 0.1) is 0 Å². The first-order valence-corrected chi connectivity index (χ1v) is 10.8. The SMILES string of the molecule is O=C1CC(N2CCC(c3nc4ccccc4[nH]3)CC2)C(=O)N1c1ccc(Cl)c(Cl)c1. The molecule has 0 aliphatic carbocycles. The van der Waals surface area contributed by atoms with E-state index in [-0.39, 0.29) is 18.2 Å². The van der Waals surface area contributed by atoms with Gasteiger partial charge in [0.2, 0.25) is 5.91 Å². The molecule has 6 nitrogen and oxygen atoms in total. The molecule has 8 heteroatoms. The number of hydrogen-bond donors (Lipinski definition) is 1. The van der Waals surface area contributed by atoms with Gasteiger partial charge >= 0.3 is 0 Å². The van der Waals surface area contributed by atoms with Gasteiger partial charge in [0.15, 0.2) is 0 Å². The average molecular weight is 443 g/mol. The number of aromatic amines is 1. The van der Waals surface area contributed by atoms with E-state index in [0.29, 0.717) is 21.7 Å². The number of piperidine rings is 1. The Labute approximate surface area is 183 Å². The zero-order valence-corrected chi connectivity index (χ0v) is 17.7. The molecule has 1 unspecified atom stereocenters. The molecular weight excluding hydrogens is 423 g/mol. The zero-order chi connectivity index (χ0) is 20.8. The van der Waals surface area contributed by atoms with Crippen LogP contribution in [0.2, 0.25) is 10.0 Å². The topological polar surface area (TPSA) is 69.3 Å². The van der Waals surface area contributed by atoms with Crippen LogP contribution in [0.3, 0.4) is 0 Å². The summed E-state index contributed by atoms with van der Waals surface area (Å²) >= 11 is 12.0. The van der Waals surface area contributed by atoms with E-state index in [2.05, 4.69) is 9.88 Å². The molecule has 0 radical (unpaired) electrons. The molecule has 30 heavy (non-hydrogen) atoms. The van der Waals surface area contributed by atoms with Gasteiger partial charge in [-0.05, 0) is 56.3 Å². The normalized spacial score (nSPS) is 21.1. The average Bonchev–Trinajstić information content (AvgIpc) is 3.31. The van der Waals surface area contributed by atoms with E-state index in [1.54, 1.807) is 18.2 Å². The Morgan fingerprint density at radius 1 is 1.00 bits per heavy atom. The molecule has 5 rings (SSSR count). The largest absolute Gasteiger partial charge is 0.342 e. The number of aromatic nitrogens is 2. The van der Waals surface area contributed by atoms with E-state index in [9.17, 15) is 9.59 Å². The number of nitrogens with zero attached hydrogens (tertiary/aromatic N) is 3. The lowest BCUT2D eigenvalue weighted by Gasteiger charge is -2.34. The summed E-state index contributed by atoms with van der Waals surface area (Å²) in [6, 6.07) is 12.4. The van der Waals surface area contributed by atoms with Gasteiger partial charge in [-0.2, -0.15) is 0 Å². The van der Waals surface area contributed by atoms with Crippen molar-refractivity contribution in [3.63, 3.8) is 0 Å². The van der Waals surface area contributed by atoms with E-state index < -0.39 is 6.04 Å². The second-order valence-corrected chi connectivity index (χ2v) is 8.65. The van der Waals surface area contributed by atoms with E-state index in [1.165, 1.54) is 4.90 Å². The third-order valence-electron chi connectivity index (χ3n) is 6.05. The highest BCUT2D eigenvalue weighted by Gasteiger charge is 2.43. The number of imidazole rings is 1. The summed E-state index contributed by atoms with van der Waals surface area (Å²) in [5.74, 6) is 0.928. The van der Waals surface area contributed by atoms with E-state index in [0.717, 1.165) is 42.8 Å². The number of amides is 2. The lowest BCUT2D eigenvalue weighted by atomic mass is 9.95. The van der Waals surface area contributed by atoms with Crippen LogP contribution in [-0.4, -0.2) is 45.8 Å². The lowest BCUT2D eigenvalue weighted by Crippen LogP contribution is -2.45. The van der Waals surface area contributed by atoms with Gasteiger partial charge < -0.3 is 4.98 Å². The van der Waals surface area contributed by atoms with Crippen molar-refractivity contribution in [3.05, 3.63) is 58.3 Å². The molecule has 0 spiro atoms. The maximum absolute atomic E-state index is 13.0. The van der Waals surface area contributed by atoms with Gasteiger partial charge in [-0.1, -0.05) is 35.3 Å². The smallest absolute Gasteiger partial charge is 0.251 e. The van der Waals surface area contributed by atoms with Crippen LogP contribution in [0.4, 0.5) is 5.69 Å². The number of rotatable bonds is 3. The monoisotopic (exact) mass is 442 g/mol. The standard InChI is InChI=1S/C22H20Cl2N4O2/c23-15-6-5-14(11-16(15)24)28-20(29)12-19(22(28)30)27-9-7-13(8-10-27)21-25-17-3-1-2-4-18(17)26-21/h1-6,11,13,19H,7-10,12H2,(H,25,26). The zero-order valence-electron chi connectivity index (χ0n) is 16.1. The quantitative estimate of drug-likeness (QED) is 0.610. The van der Waals surface area contributed by atoms with Crippen LogP contribution in [0.15, 0.2) is 42.5 Å². The van der Waals surface area contributed by atoms with Gasteiger partial charge in [-0.25, -0.2) is 9.88 Å². The van der Waals surface area contributed by atoms with E-state index in [1.807, 2.05) is 24.3 Å². The first-order valence-electron chi connectivity index (χ1n) is 10.0. The molecule has 2 aromatic carbocycles. The maximum atomic E-state index is 13.0. The molecular formula is C22H20Cl2N4O2. The number of para-hydroxylation sites is 2. The van der Waals surface area contributed by atoms with Gasteiger partial charge in [-0.3, -0.25) is 14.5 Å². The number of likely N-dealkylation sites (tertiary alicyclic amines) is 1. The van der Waals surface area contributed by atoms with Crippen molar-refractivity contribution in [2.45, 2.75) is 31.2 Å². The molecule has 3 heterocycles. The van der Waals surface area contributed by atoms with Crippen molar-refractivity contribution in [2.24, 2.45) is 0 Å². The summed E-state index contributed by atoms with van der Waals surface area (Å²) in [5, 5.41) is 0.716. The first-order chi connectivity index (χ1) is 14.5. The number of fused-ring (bicyclic) bond motifs is 1. The molecule has 0 bridgehead atoms. The van der Waals surface area contributed by atoms with Crippen LogP contribution in [-0.2, 0) is 9.59 Å². The highest BCUT2D eigenvalue weighted by Crippen LogP contribution is 2.34. The molecule has 0 saturated carbocycles. The number of carbonyl (C=O) groups is 2. The summed E-state index contributed by atoms with van der Waals surface area (Å²) in [6.45, 7) is 1.50. The summed E-state index contributed by atoms with van der Waals surface area (Å²) in [7, 11) is 0. The number of benzene rings is 2. The molecule has 1 atom stereocenters. The third-order valence-corrected chi connectivity index (χ3v) is 6.79. The van der Waals surface area contributed by atoms with Gasteiger partial charge in [0.25, 0.3) is 5.91 Å². The minimum absolute atomic E-state index is 0.189. The second kappa shape index (κ2) is 7.69. The van der Waals surface area contributed by atoms with Crippen molar-refractivity contribution < 1.29 is 9.59 Å². The number of H-pyrrole nitrogens is 1. The Morgan fingerprint density at radius 3 is 2.50 bits per heavy atom. The maximum Gasteiger partial charge on any atom is 0.251 e. The predicted molar refractivity (Wildman–Crippen MR) is 117 cm³/mol. The van der Waals surface area contributed by atoms with Crippen LogP contribution in [0.5, 0.6) is 0 Å². The number of halogens is 2. The Bertz CT molecular complexity index is 1100. The number of imide groups is 1. The summed E-state index contributed by atoms with van der Waals surface area (Å²) in [4.78, 5) is 37.2. The fourth-order valence-corrected chi connectivity index (χ4v) is 4.74. The van der Waals surface area contributed by atoms with Gasteiger partial charge in [-0.15, -0.1) is 0 Å². The van der Waals surface area contributed by atoms with Crippen molar-refractivity contribution in [3.8, 4) is 0 Å². The van der Waals surface area contributed by atoms with Crippen LogP contribution in [0.25, 0.3) is 11.0 Å². The molecule has 3 aromatic rings. The van der Waals surface area contributed by atoms with Crippen molar-refractivity contribution in [1.82, 2.24) is 14.9 Å². The van der Waals surface area contributed by atoms with Crippen molar-refractivity contribution in [1.29, 1.82) is 0 Å². The van der Waals surface area contributed by atoms with Crippen LogP contribution >= 0.6 is 23.2 Å². The third kappa shape index (κ3) is 3.39. The lowest BCUT2D eigenvalue weighted by molar-refractivity contribution is -0.123. The summed E-state index contributed by atoms with van der Waals surface area (Å²) in [5.41, 5.74) is 2.49. The Kier molecular flexibility index (Phi) is 5.01. The molecule has 1 aromatic heterocycles. The van der Waals surface area contributed by atoms with Gasteiger partial charge in [0, 0.05) is 5.92 Å². The van der Waals surface area contributed by atoms with Crippen molar-refractivity contribution >= 4 is 51.7 Å². The van der Waals surface area contributed by atoms with E-state index >= 15 is 0 Å². The van der Waals surface area contributed by atoms with Gasteiger partial charge in [0.1, 0.15) is 5.82 Å². The Hall–Kier alpha value is -2.41. The highest BCUT2D eigenvalue weighted by molar-refractivity contribution is 6.42. The minimum Gasteiger partial charge on any atom is -0.342 e. The predicted octanol–water partition coefficient (Wildman–Crippen LogP) is 4.38. The Balaban J connectivity index is 1.28. The Morgan fingerprint density at radius 2 is 1.77 bits per heavy atom. The number of carbonyl (C=O) groups excluding carboxylic acids is 2. The van der Waals surface area contributed by atoms with E-state index in [4.69, 9.17) is 28.2 Å². The van der Waals surface area contributed by atoms with Crippen LogP contribution in [0.1, 0.15) is 31.0 Å². The van der Waals surface area contributed by atoms with Crippen LogP contribution < -0.4 is 4.90 Å². The fourth-order valence-electron chi connectivity index (χ4n) is 4.45.